The van der Waals surface area contributed by atoms with Gasteiger partial charge in [-0.15, -0.1) is 22.7 Å². The lowest BCUT2D eigenvalue weighted by Gasteiger charge is -2.05. The fourth-order valence-electron chi connectivity index (χ4n) is 2.48. The number of rotatable bonds is 4. The number of hydrogen-bond donors (Lipinski definition) is 1. The number of carbonyl (C=O) groups excluding carboxylic acids is 1. The zero-order chi connectivity index (χ0) is 17.1. The Morgan fingerprint density at radius 3 is 2.28 bits per heavy atom. The number of aromatic nitrogens is 1. The fourth-order valence-corrected chi connectivity index (χ4v) is 4.26. The van der Waals surface area contributed by atoms with E-state index in [9.17, 15) is 4.79 Å². The molecule has 0 spiro atoms. The van der Waals surface area contributed by atoms with Gasteiger partial charge < -0.3 is 5.32 Å². The molecular formula is C20H14N2OS2. The molecule has 122 valence electrons. The van der Waals surface area contributed by atoms with Crippen molar-refractivity contribution in [1.82, 2.24) is 4.98 Å². The number of thiophene rings is 1. The first-order valence-electron chi connectivity index (χ1n) is 7.78. The highest BCUT2D eigenvalue weighted by molar-refractivity contribution is 7.22. The highest BCUT2D eigenvalue weighted by Gasteiger charge is 2.20. The van der Waals surface area contributed by atoms with Crippen LogP contribution in [0.15, 0.2) is 78.2 Å². The van der Waals surface area contributed by atoms with Crippen LogP contribution in [0.1, 0.15) is 9.67 Å². The molecule has 4 aromatic rings. The van der Waals surface area contributed by atoms with Crippen LogP contribution >= 0.6 is 22.7 Å². The van der Waals surface area contributed by atoms with E-state index in [4.69, 9.17) is 4.98 Å². The van der Waals surface area contributed by atoms with Crippen molar-refractivity contribution in [2.45, 2.75) is 0 Å². The topological polar surface area (TPSA) is 42.0 Å². The maximum atomic E-state index is 12.9. The van der Waals surface area contributed by atoms with Crippen LogP contribution in [0.5, 0.6) is 0 Å². The molecule has 3 nitrogen and oxygen atoms in total. The van der Waals surface area contributed by atoms with Gasteiger partial charge in [0.05, 0.1) is 10.6 Å². The molecule has 0 fully saturated rings. The van der Waals surface area contributed by atoms with Crippen molar-refractivity contribution in [2.24, 2.45) is 0 Å². The van der Waals surface area contributed by atoms with Gasteiger partial charge in [-0.3, -0.25) is 4.79 Å². The Morgan fingerprint density at radius 1 is 0.880 bits per heavy atom. The molecular weight excluding hydrogens is 348 g/mol. The monoisotopic (exact) mass is 362 g/mol. The second-order valence-corrected chi connectivity index (χ2v) is 7.31. The standard InChI is InChI=1S/C20H14N2OS2/c23-19(21-15-10-5-2-6-11-15)18-17(14-8-3-1-4-9-14)22-20(25-18)16-12-7-13-24-16/h1-13H,(H,21,23). The summed E-state index contributed by atoms with van der Waals surface area (Å²) in [7, 11) is 0. The Kier molecular flexibility index (Phi) is 4.41. The molecule has 0 unspecified atom stereocenters. The number of thiazole rings is 1. The molecule has 1 N–H and O–H groups in total. The summed E-state index contributed by atoms with van der Waals surface area (Å²) in [5.74, 6) is -0.134. The van der Waals surface area contributed by atoms with Crippen molar-refractivity contribution in [3.05, 3.63) is 83.1 Å². The predicted octanol–water partition coefficient (Wildman–Crippen LogP) is 5.79. The molecule has 0 bridgehead atoms. The van der Waals surface area contributed by atoms with Crippen molar-refractivity contribution in [2.75, 3.05) is 5.32 Å². The fraction of sp³-hybridized carbons (Fsp3) is 0. The first-order valence-corrected chi connectivity index (χ1v) is 9.47. The van der Waals surface area contributed by atoms with Gasteiger partial charge >= 0.3 is 0 Å². The van der Waals surface area contributed by atoms with Crippen LogP contribution in [0, 0.1) is 0 Å². The quantitative estimate of drug-likeness (QED) is 0.499. The molecule has 25 heavy (non-hydrogen) atoms. The molecule has 0 atom stereocenters. The Bertz CT molecular complexity index is 977. The average Bonchev–Trinajstić information content (AvgIpc) is 3.33. The zero-order valence-electron chi connectivity index (χ0n) is 13.2. The van der Waals surface area contributed by atoms with Crippen LogP contribution in [0.3, 0.4) is 0 Å². The molecule has 0 saturated heterocycles. The SMILES string of the molecule is O=C(Nc1ccccc1)c1sc(-c2cccs2)nc1-c1ccccc1. The van der Waals surface area contributed by atoms with E-state index in [1.54, 1.807) is 11.3 Å². The summed E-state index contributed by atoms with van der Waals surface area (Å²) in [6, 6.07) is 23.3. The third-order valence-electron chi connectivity index (χ3n) is 3.64. The van der Waals surface area contributed by atoms with Crippen LogP contribution in [0.4, 0.5) is 5.69 Å². The maximum Gasteiger partial charge on any atom is 0.268 e. The van der Waals surface area contributed by atoms with E-state index in [0.29, 0.717) is 4.88 Å². The van der Waals surface area contributed by atoms with Gasteiger partial charge in [-0.2, -0.15) is 0 Å². The summed E-state index contributed by atoms with van der Waals surface area (Å²) >= 11 is 3.05. The molecule has 0 radical (unpaired) electrons. The summed E-state index contributed by atoms with van der Waals surface area (Å²) in [5.41, 5.74) is 2.44. The van der Waals surface area contributed by atoms with Gasteiger partial charge in [-0.05, 0) is 23.6 Å². The molecule has 2 aromatic heterocycles. The number of nitrogens with zero attached hydrogens (tertiary/aromatic N) is 1. The van der Waals surface area contributed by atoms with Crippen LogP contribution in [-0.2, 0) is 0 Å². The second kappa shape index (κ2) is 7.01. The van der Waals surface area contributed by atoms with Gasteiger partial charge in [0.15, 0.2) is 0 Å². The molecule has 0 saturated carbocycles. The molecule has 2 aromatic carbocycles. The minimum absolute atomic E-state index is 0.134. The zero-order valence-corrected chi connectivity index (χ0v) is 14.8. The van der Waals surface area contributed by atoms with E-state index in [2.05, 4.69) is 5.32 Å². The minimum Gasteiger partial charge on any atom is -0.321 e. The van der Waals surface area contributed by atoms with Gasteiger partial charge in [0.1, 0.15) is 9.88 Å². The predicted molar refractivity (Wildman–Crippen MR) is 105 cm³/mol. The van der Waals surface area contributed by atoms with Crippen molar-refractivity contribution < 1.29 is 4.79 Å². The van der Waals surface area contributed by atoms with Gasteiger partial charge in [-0.1, -0.05) is 54.6 Å². The van der Waals surface area contributed by atoms with E-state index < -0.39 is 0 Å². The van der Waals surface area contributed by atoms with E-state index >= 15 is 0 Å². The summed E-state index contributed by atoms with van der Waals surface area (Å²) < 4.78 is 0. The molecule has 2 heterocycles. The van der Waals surface area contributed by atoms with Crippen molar-refractivity contribution >= 4 is 34.3 Å². The maximum absolute atomic E-state index is 12.9. The molecule has 4 rings (SSSR count). The summed E-state index contributed by atoms with van der Waals surface area (Å²) in [6.07, 6.45) is 0. The van der Waals surface area contributed by atoms with Crippen LogP contribution in [0.2, 0.25) is 0 Å². The normalized spacial score (nSPS) is 10.6. The van der Waals surface area contributed by atoms with Gasteiger partial charge in [0.25, 0.3) is 5.91 Å². The Hall–Kier alpha value is -2.76. The Balaban J connectivity index is 1.76. The van der Waals surface area contributed by atoms with E-state index in [0.717, 1.165) is 26.8 Å². The first kappa shape index (κ1) is 15.7. The number of carbonyl (C=O) groups is 1. The highest BCUT2D eigenvalue weighted by atomic mass is 32.1. The van der Waals surface area contributed by atoms with Gasteiger partial charge in [0.2, 0.25) is 0 Å². The van der Waals surface area contributed by atoms with Crippen molar-refractivity contribution in [1.29, 1.82) is 0 Å². The van der Waals surface area contributed by atoms with Crippen molar-refractivity contribution in [3.63, 3.8) is 0 Å². The van der Waals surface area contributed by atoms with E-state index in [-0.39, 0.29) is 5.91 Å². The summed E-state index contributed by atoms with van der Waals surface area (Å²) in [6.45, 7) is 0. The number of anilines is 1. The van der Waals surface area contributed by atoms with Crippen LogP contribution in [-0.4, -0.2) is 10.9 Å². The van der Waals surface area contributed by atoms with E-state index in [1.807, 2.05) is 78.2 Å². The second-order valence-electron chi connectivity index (χ2n) is 5.36. The van der Waals surface area contributed by atoms with Gasteiger partial charge in [-0.25, -0.2) is 4.98 Å². The number of para-hydroxylation sites is 1. The molecule has 0 aliphatic rings. The third-order valence-corrected chi connectivity index (χ3v) is 5.74. The number of amides is 1. The molecule has 1 amide bonds. The van der Waals surface area contributed by atoms with Crippen molar-refractivity contribution in [3.8, 4) is 21.1 Å². The average molecular weight is 362 g/mol. The van der Waals surface area contributed by atoms with E-state index in [1.165, 1.54) is 11.3 Å². The minimum atomic E-state index is -0.134. The number of benzene rings is 2. The van der Waals surface area contributed by atoms with Crippen LogP contribution in [0.25, 0.3) is 21.1 Å². The summed E-state index contributed by atoms with van der Waals surface area (Å²) in [5, 5.41) is 5.85. The number of hydrogen-bond acceptors (Lipinski definition) is 4. The van der Waals surface area contributed by atoms with Gasteiger partial charge in [0, 0.05) is 11.3 Å². The number of nitrogens with one attached hydrogen (secondary N) is 1. The first-order chi connectivity index (χ1) is 12.3. The summed E-state index contributed by atoms with van der Waals surface area (Å²) in [4.78, 5) is 19.3. The lowest BCUT2D eigenvalue weighted by Crippen LogP contribution is -2.11. The Labute approximate surface area is 153 Å². The Morgan fingerprint density at radius 2 is 1.60 bits per heavy atom. The lowest BCUT2D eigenvalue weighted by molar-refractivity contribution is 0.103. The molecule has 0 aliphatic heterocycles. The van der Waals surface area contributed by atoms with Crippen LogP contribution < -0.4 is 5.32 Å². The highest BCUT2D eigenvalue weighted by Crippen LogP contribution is 2.36. The molecule has 5 heteroatoms. The lowest BCUT2D eigenvalue weighted by atomic mass is 10.1. The molecule has 0 aliphatic carbocycles. The largest absolute Gasteiger partial charge is 0.321 e. The third kappa shape index (κ3) is 3.38. The smallest absolute Gasteiger partial charge is 0.268 e.